The third-order valence-corrected chi connectivity index (χ3v) is 6.02. The maximum Gasteiger partial charge on any atom is 0.271 e. The van der Waals surface area contributed by atoms with E-state index in [-0.39, 0.29) is 12.5 Å². The summed E-state index contributed by atoms with van der Waals surface area (Å²) in [6.45, 7) is 2.44. The fraction of sp³-hybridized carbons (Fsp3) is 0.375. The molecule has 2 aromatic carbocycles. The highest BCUT2D eigenvalue weighted by molar-refractivity contribution is 6.01. The van der Waals surface area contributed by atoms with Crippen molar-refractivity contribution >= 4 is 16.8 Å². The van der Waals surface area contributed by atoms with Crippen molar-refractivity contribution in [2.45, 2.75) is 19.1 Å². The van der Waals surface area contributed by atoms with Gasteiger partial charge in [-0.15, -0.1) is 0 Å². The highest BCUT2D eigenvalue weighted by Crippen LogP contribution is 2.37. The number of hydrogen-bond donors (Lipinski definition) is 2. The van der Waals surface area contributed by atoms with E-state index in [2.05, 4.69) is 4.98 Å². The standard InChI is InChI=1S/C24H28N2O6/c1-14-17-12-16(29-2)6-7-18(17)25-22(14)24(28)26-9-10-32-21(13-27)23(26)15-5-8-19(30-3)20(11-15)31-4/h5-8,11-12,21,23,25,27H,9-10,13H2,1-4H3. The van der Waals surface area contributed by atoms with Gasteiger partial charge in [-0.3, -0.25) is 4.79 Å². The first-order valence-corrected chi connectivity index (χ1v) is 10.4. The number of ether oxygens (including phenoxy) is 4. The molecule has 8 nitrogen and oxygen atoms in total. The maximum atomic E-state index is 13.7. The molecule has 8 heteroatoms. The number of nitrogens with zero attached hydrogens (tertiary/aromatic N) is 1. The number of aliphatic hydroxyl groups is 1. The normalized spacial score (nSPS) is 18.6. The topological polar surface area (TPSA) is 93.3 Å². The molecule has 0 aliphatic carbocycles. The molecule has 0 spiro atoms. The van der Waals surface area contributed by atoms with Crippen LogP contribution in [0.15, 0.2) is 36.4 Å². The quantitative estimate of drug-likeness (QED) is 0.612. The summed E-state index contributed by atoms with van der Waals surface area (Å²) in [5.41, 5.74) is 3.02. The monoisotopic (exact) mass is 440 g/mol. The van der Waals surface area contributed by atoms with Crippen molar-refractivity contribution in [3.8, 4) is 17.2 Å². The first-order chi connectivity index (χ1) is 15.5. The molecule has 2 atom stereocenters. The van der Waals surface area contributed by atoms with Gasteiger partial charge < -0.3 is 33.9 Å². The molecule has 3 aromatic rings. The van der Waals surface area contributed by atoms with Crippen molar-refractivity contribution in [1.82, 2.24) is 9.88 Å². The number of benzene rings is 2. The van der Waals surface area contributed by atoms with E-state index in [1.54, 1.807) is 32.3 Å². The molecule has 1 fully saturated rings. The number of hydrogen-bond acceptors (Lipinski definition) is 6. The van der Waals surface area contributed by atoms with E-state index in [1.807, 2.05) is 37.3 Å². The molecule has 1 aliphatic rings. The number of carbonyl (C=O) groups excluding carboxylic acids is 1. The number of aromatic amines is 1. The van der Waals surface area contributed by atoms with Gasteiger partial charge in [-0.1, -0.05) is 6.07 Å². The number of H-pyrrole nitrogens is 1. The van der Waals surface area contributed by atoms with E-state index >= 15 is 0 Å². The number of methoxy groups -OCH3 is 3. The fourth-order valence-electron chi connectivity index (χ4n) is 4.34. The van der Waals surface area contributed by atoms with Crippen LogP contribution in [0.5, 0.6) is 17.2 Å². The second-order valence-corrected chi connectivity index (χ2v) is 7.69. The van der Waals surface area contributed by atoms with Gasteiger partial charge in [-0.25, -0.2) is 0 Å². The van der Waals surface area contributed by atoms with Crippen molar-refractivity contribution in [3.63, 3.8) is 0 Å². The minimum Gasteiger partial charge on any atom is -0.497 e. The third kappa shape index (κ3) is 3.76. The summed E-state index contributed by atoms with van der Waals surface area (Å²) in [6, 6.07) is 10.7. The van der Waals surface area contributed by atoms with Crippen LogP contribution in [-0.2, 0) is 4.74 Å². The zero-order chi connectivity index (χ0) is 22.8. The number of morpholine rings is 1. The van der Waals surface area contributed by atoms with Crippen LogP contribution in [0, 0.1) is 6.92 Å². The molecule has 0 bridgehead atoms. The predicted octanol–water partition coefficient (Wildman–Crippen LogP) is 3.08. The summed E-state index contributed by atoms with van der Waals surface area (Å²) in [5.74, 6) is 1.72. The molecule has 0 radical (unpaired) electrons. The highest BCUT2D eigenvalue weighted by Gasteiger charge is 2.38. The Bertz CT molecular complexity index is 1130. The fourth-order valence-corrected chi connectivity index (χ4v) is 4.34. The van der Waals surface area contributed by atoms with Gasteiger partial charge in [0.2, 0.25) is 0 Å². The highest BCUT2D eigenvalue weighted by atomic mass is 16.5. The van der Waals surface area contributed by atoms with E-state index < -0.39 is 12.1 Å². The van der Waals surface area contributed by atoms with Gasteiger partial charge in [-0.2, -0.15) is 0 Å². The lowest BCUT2D eigenvalue weighted by Gasteiger charge is -2.41. The van der Waals surface area contributed by atoms with Gasteiger partial charge in [0.25, 0.3) is 5.91 Å². The van der Waals surface area contributed by atoms with E-state index in [1.165, 1.54) is 0 Å². The average Bonchev–Trinajstić information content (AvgIpc) is 3.18. The van der Waals surface area contributed by atoms with Gasteiger partial charge in [0.05, 0.1) is 40.6 Å². The number of carbonyl (C=O) groups is 1. The Kier molecular flexibility index (Phi) is 6.25. The van der Waals surface area contributed by atoms with Crippen LogP contribution in [-0.4, -0.2) is 68.1 Å². The van der Waals surface area contributed by atoms with E-state index in [0.717, 1.165) is 27.8 Å². The molecule has 0 saturated carbocycles. The van der Waals surface area contributed by atoms with Crippen LogP contribution >= 0.6 is 0 Å². The van der Waals surface area contributed by atoms with Crippen LogP contribution < -0.4 is 14.2 Å². The number of rotatable bonds is 6. The second-order valence-electron chi connectivity index (χ2n) is 7.69. The lowest BCUT2D eigenvalue weighted by Crippen LogP contribution is -2.49. The molecule has 2 heterocycles. The molecular formula is C24H28N2O6. The Morgan fingerprint density at radius 3 is 2.59 bits per heavy atom. The van der Waals surface area contributed by atoms with E-state index in [4.69, 9.17) is 18.9 Å². The van der Waals surface area contributed by atoms with Crippen LogP contribution in [0.3, 0.4) is 0 Å². The summed E-state index contributed by atoms with van der Waals surface area (Å²) in [6.07, 6.45) is -0.560. The molecule has 2 unspecified atom stereocenters. The minimum atomic E-state index is -0.560. The van der Waals surface area contributed by atoms with Gasteiger partial charge in [0, 0.05) is 17.4 Å². The number of fused-ring (bicyclic) bond motifs is 1. The number of nitrogens with one attached hydrogen (secondary N) is 1. The van der Waals surface area contributed by atoms with Crippen molar-refractivity contribution in [3.05, 3.63) is 53.2 Å². The Labute approximate surface area is 186 Å². The smallest absolute Gasteiger partial charge is 0.271 e. The zero-order valence-corrected chi connectivity index (χ0v) is 18.7. The second kappa shape index (κ2) is 9.10. The maximum absolute atomic E-state index is 13.7. The molecule has 170 valence electrons. The largest absolute Gasteiger partial charge is 0.497 e. The number of aryl methyl sites for hydroxylation is 1. The van der Waals surface area contributed by atoms with Crippen molar-refractivity contribution in [2.75, 3.05) is 41.1 Å². The van der Waals surface area contributed by atoms with Crippen molar-refractivity contribution in [1.29, 1.82) is 0 Å². The van der Waals surface area contributed by atoms with Gasteiger partial charge >= 0.3 is 0 Å². The third-order valence-electron chi connectivity index (χ3n) is 6.02. The first-order valence-electron chi connectivity index (χ1n) is 10.4. The van der Waals surface area contributed by atoms with Gasteiger partial charge in [0.15, 0.2) is 11.5 Å². The number of aliphatic hydroxyl groups excluding tert-OH is 1. The van der Waals surface area contributed by atoms with E-state index in [9.17, 15) is 9.90 Å². The molecular weight excluding hydrogens is 412 g/mol. The van der Waals surface area contributed by atoms with Crippen molar-refractivity contribution in [2.24, 2.45) is 0 Å². The SMILES string of the molecule is COc1ccc2[nH]c(C(=O)N3CCOC(CO)C3c3ccc(OC)c(OC)c3)c(C)c2c1. The Morgan fingerprint density at radius 2 is 1.91 bits per heavy atom. The molecule has 1 aliphatic heterocycles. The zero-order valence-electron chi connectivity index (χ0n) is 18.7. The molecule has 1 aromatic heterocycles. The lowest BCUT2D eigenvalue weighted by atomic mass is 9.97. The molecule has 32 heavy (non-hydrogen) atoms. The molecule has 2 N–H and O–H groups in total. The average molecular weight is 440 g/mol. The Morgan fingerprint density at radius 1 is 1.12 bits per heavy atom. The molecule has 4 rings (SSSR count). The molecule has 1 amide bonds. The summed E-state index contributed by atoms with van der Waals surface area (Å²) in [4.78, 5) is 18.8. The van der Waals surface area contributed by atoms with Crippen LogP contribution in [0.2, 0.25) is 0 Å². The number of amides is 1. The first kappa shape index (κ1) is 22.0. The molecule has 1 saturated heterocycles. The Balaban J connectivity index is 1.76. The summed E-state index contributed by atoms with van der Waals surface area (Å²) >= 11 is 0. The van der Waals surface area contributed by atoms with Gasteiger partial charge in [-0.05, 0) is 48.4 Å². The predicted molar refractivity (Wildman–Crippen MR) is 120 cm³/mol. The number of aromatic nitrogens is 1. The van der Waals surface area contributed by atoms with Crippen LogP contribution in [0.1, 0.15) is 27.7 Å². The Hall–Kier alpha value is -3.23. The van der Waals surface area contributed by atoms with Crippen molar-refractivity contribution < 1.29 is 28.8 Å². The summed E-state index contributed by atoms with van der Waals surface area (Å²) in [7, 11) is 4.75. The summed E-state index contributed by atoms with van der Waals surface area (Å²) < 4.78 is 21.9. The van der Waals surface area contributed by atoms with Gasteiger partial charge in [0.1, 0.15) is 17.5 Å². The van der Waals surface area contributed by atoms with Crippen LogP contribution in [0.25, 0.3) is 10.9 Å². The summed E-state index contributed by atoms with van der Waals surface area (Å²) in [5, 5.41) is 10.9. The van der Waals surface area contributed by atoms with Crippen LogP contribution in [0.4, 0.5) is 0 Å². The minimum absolute atomic E-state index is 0.154. The lowest BCUT2D eigenvalue weighted by molar-refractivity contribution is -0.0813. The van der Waals surface area contributed by atoms with E-state index in [0.29, 0.717) is 30.3 Å².